The zero-order valence-electron chi connectivity index (χ0n) is 10.7. The molecule has 2 N–H and O–H groups in total. The lowest BCUT2D eigenvalue weighted by molar-refractivity contribution is 0.0933. The predicted octanol–water partition coefficient (Wildman–Crippen LogP) is 2.34. The van der Waals surface area contributed by atoms with Crippen molar-refractivity contribution in [2.24, 2.45) is 11.8 Å². The molecule has 2 unspecified atom stereocenters. The third-order valence-electron chi connectivity index (χ3n) is 3.86. The SMILES string of the molecule is CC1CCCCC1CNC(=O)c1ccncc1O. The van der Waals surface area contributed by atoms with Crippen LogP contribution in [-0.2, 0) is 0 Å². The van der Waals surface area contributed by atoms with Gasteiger partial charge in [-0.1, -0.05) is 26.2 Å². The first-order chi connectivity index (χ1) is 8.68. The summed E-state index contributed by atoms with van der Waals surface area (Å²) in [5.74, 6) is 0.955. The van der Waals surface area contributed by atoms with Gasteiger partial charge in [-0.25, -0.2) is 0 Å². The van der Waals surface area contributed by atoms with Crippen LogP contribution < -0.4 is 5.32 Å². The van der Waals surface area contributed by atoms with Gasteiger partial charge in [-0.3, -0.25) is 9.78 Å². The summed E-state index contributed by atoms with van der Waals surface area (Å²) >= 11 is 0. The molecule has 0 saturated heterocycles. The third-order valence-corrected chi connectivity index (χ3v) is 3.86. The highest BCUT2D eigenvalue weighted by molar-refractivity contribution is 5.96. The fourth-order valence-electron chi connectivity index (χ4n) is 2.59. The normalized spacial score (nSPS) is 23.6. The number of hydrogen-bond acceptors (Lipinski definition) is 3. The summed E-state index contributed by atoms with van der Waals surface area (Å²) in [6, 6.07) is 1.54. The quantitative estimate of drug-likeness (QED) is 0.863. The fraction of sp³-hybridized carbons (Fsp3) is 0.571. The van der Waals surface area contributed by atoms with Crippen molar-refractivity contribution < 1.29 is 9.90 Å². The lowest BCUT2D eigenvalue weighted by Crippen LogP contribution is -2.33. The number of amides is 1. The van der Waals surface area contributed by atoms with Gasteiger partial charge in [0.25, 0.3) is 5.91 Å². The lowest BCUT2D eigenvalue weighted by Gasteiger charge is -2.28. The standard InChI is InChI=1S/C14H20N2O2/c1-10-4-2-3-5-11(10)8-16-14(18)12-6-7-15-9-13(12)17/h6-7,9-11,17H,2-5,8H2,1H3,(H,16,18). The molecule has 18 heavy (non-hydrogen) atoms. The number of pyridine rings is 1. The van der Waals surface area contributed by atoms with E-state index in [0.717, 1.165) is 0 Å². The van der Waals surface area contributed by atoms with Gasteiger partial charge in [0.1, 0.15) is 5.75 Å². The van der Waals surface area contributed by atoms with E-state index in [1.54, 1.807) is 0 Å². The molecule has 1 aromatic heterocycles. The number of aromatic nitrogens is 1. The van der Waals surface area contributed by atoms with Crippen LogP contribution in [0.4, 0.5) is 0 Å². The molecule has 0 spiro atoms. The van der Waals surface area contributed by atoms with Gasteiger partial charge in [0, 0.05) is 12.7 Å². The Labute approximate surface area is 107 Å². The number of aromatic hydroxyl groups is 1. The molecule has 1 aliphatic carbocycles. The van der Waals surface area contributed by atoms with E-state index in [2.05, 4.69) is 17.2 Å². The molecule has 4 heteroatoms. The van der Waals surface area contributed by atoms with E-state index in [-0.39, 0.29) is 11.7 Å². The number of hydrogen-bond donors (Lipinski definition) is 2. The summed E-state index contributed by atoms with van der Waals surface area (Å²) in [7, 11) is 0. The minimum absolute atomic E-state index is 0.0632. The Balaban J connectivity index is 1.90. The molecule has 2 atom stereocenters. The molecule has 1 heterocycles. The summed E-state index contributed by atoms with van der Waals surface area (Å²) < 4.78 is 0. The average molecular weight is 248 g/mol. The Morgan fingerprint density at radius 2 is 2.28 bits per heavy atom. The molecular weight excluding hydrogens is 228 g/mol. The zero-order chi connectivity index (χ0) is 13.0. The highest BCUT2D eigenvalue weighted by Gasteiger charge is 2.22. The van der Waals surface area contributed by atoms with Crippen LogP contribution in [0.25, 0.3) is 0 Å². The van der Waals surface area contributed by atoms with Crippen LogP contribution >= 0.6 is 0 Å². The van der Waals surface area contributed by atoms with Gasteiger partial charge in [-0.05, 0) is 24.3 Å². The fourth-order valence-corrected chi connectivity index (χ4v) is 2.59. The van der Waals surface area contributed by atoms with Crippen molar-refractivity contribution in [2.45, 2.75) is 32.6 Å². The maximum atomic E-state index is 11.9. The molecule has 0 aliphatic heterocycles. The first-order valence-corrected chi connectivity index (χ1v) is 6.59. The van der Waals surface area contributed by atoms with Crippen LogP contribution in [0.1, 0.15) is 43.0 Å². The van der Waals surface area contributed by atoms with Crippen molar-refractivity contribution in [2.75, 3.05) is 6.54 Å². The van der Waals surface area contributed by atoms with E-state index in [4.69, 9.17) is 0 Å². The van der Waals surface area contributed by atoms with Crippen LogP contribution in [0.15, 0.2) is 18.5 Å². The van der Waals surface area contributed by atoms with Crippen molar-refractivity contribution in [1.29, 1.82) is 0 Å². The molecular formula is C14H20N2O2. The predicted molar refractivity (Wildman–Crippen MR) is 69.4 cm³/mol. The average Bonchev–Trinajstić information content (AvgIpc) is 2.38. The molecule has 0 radical (unpaired) electrons. The number of nitrogens with one attached hydrogen (secondary N) is 1. The van der Waals surface area contributed by atoms with Crippen molar-refractivity contribution >= 4 is 5.91 Å². The Morgan fingerprint density at radius 3 is 3.00 bits per heavy atom. The van der Waals surface area contributed by atoms with Crippen molar-refractivity contribution in [3.63, 3.8) is 0 Å². The van der Waals surface area contributed by atoms with E-state index in [0.29, 0.717) is 23.9 Å². The second kappa shape index (κ2) is 5.85. The highest BCUT2D eigenvalue weighted by Crippen LogP contribution is 2.29. The van der Waals surface area contributed by atoms with Crippen LogP contribution in [-0.4, -0.2) is 22.5 Å². The van der Waals surface area contributed by atoms with E-state index in [1.807, 2.05) is 0 Å². The summed E-state index contributed by atoms with van der Waals surface area (Å²) in [6.07, 6.45) is 7.79. The Hall–Kier alpha value is -1.58. The molecule has 4 nitrogen and oxygen atoms in total. The van der Waals surface area contributed by atoms with E-state index in [1.165, 1.54) is 44.1 Å². The Kier molecular flexibility index (Phi) is 4.18. The molecule has 1 aliphatic rings. The second-order valence-electron chi connectivity index (χ2n) is 5.12. The van der Waals surface area contributed by atoms with Gasteiger partial charge >= 0.3 is 0 Å². The molecule has 1 saturated carbocycles. The number of nitrogens with zero attached hydrogens (tertiary/aromatic N) is 1. The first-order valence-electron chi connectivity index (χ1n) is 6.59. The van der Waals surface area contributed by atoms with Crippen LogP contribution in [0.5, 0.6) is 5.75 Å². The van der Waals surface area contributed by atoms with Crippen molar-refractivity contribution in [3.05, 3.63) is 24.0 Å². The smallest absolute Gasteiger partial charge is 0.255 e. The van der Waals surface area contributed by atoms with Crippen LogP contribution in [0, 0.1) is 11.8 Å². The van der Waals surface area contributed by atoms with Crippen molar-refractivity contribution in [1.82, 2.24) is 10.3 Å². The number of carbonyl (C=O) groups is 1. The lowest BCUT2D eigenvalue weighted by atomic mass is 9.80. The minimum Gasteiger partial charge on any atom is -0.505 e. The van der Waals surface area contributed by atoms with Gasteiger partial charge in [0.2, 0.25) is 0 Å². The highest BCUT2D eigenvalue weighted by atomic mass is 16.3. The summed E-state index contributed by atoms with van der Waals surface area (Å²) in [6.45, 7) is 2.95. The van der Waals surface area contributed by atoms with Gasteiger partial charge in [-0.2, -0.15) is 0 Å². The number of carbonyl (C=O) groups excluding carboxylic acids is 1. The van der Waals surface area contributed by atoms with Crippen LogP contribution in [0.2, 0.25) is 0 Å². The number of rotatable bonds is 3. The molecule has 0 aromatic carbocycles. The molecule has 1 amide bonds. The molecule has 1 fully saturated rings. The summed E-state index contributed by atoms with van der Waals surface area (Å²) in [5.41, 5.74) is 0.300. The summed E-state index contributed by atoms with van der Waals surface area (Å²) in [4.78, 5) is 15.7. The van der Waals surface area contributed by atoms with E-state index >= 15 is 0 Å². The maximum absolute atomic E-state index is 11.9. The Morgan fingerprint density at radius 1 is 1.50 bits per heavy atom. The molecule has 0 bridgehead atoms. The Bertz CT molecular complexity index is 420. The van der Waals surface area contributed by atoms with Gasteiger partial charge in [-0.15, -0.1) is 0 Å². The second-order valence-corrected chi connectivity index (χ2v) is 5.12. The van der Waals surface area contributed by atoms with Gasteiger partial charge in [0.05, 0.1) is 11.8 Å². The molecule has 2 rings (SSSR count). The monoisotopic (exact) mass is 248 g/mol. The summed E-state index contributed by atoms with van der Waals surface area (Å²) in [5, 5.41) is 12.5. The van der Waals surface area contributed by atoms with E-state index < -0.39 is 0 Å². The zero-order valence-corrected chi connectivity index (χ0v) is 10.7. The maximum Gasteiger partial charge on any atom is 0.255 e. The van der Waals surface area contributed by atoms with Gasteiger partial charge < -0.3 is 10.4 Å². The van der Waals surface area contributed by atoms with E-state index in [9.17, 15) is 9.90 Å². The van der Waals surface area contributed by atoms with Crippen molar-refractivity contribution in [3.8, 4) is 5.75 Å². The minimum atomic E-state index is -0.215. The van der Waals surface area contributed by atoms with Crippen LogP contribution in [0.3, 0.4) is 0 Å². The topological polar surface area (TPSA) is 62.2 Å². The third kappa shape index (κ3) is 3.00. The molecule has 1 aromatic rings. The molecule has 98 valence electrons. The first kappa shape index (κ1) is 12.9. The largest absolute Gasteiger partial charge is 0.505 e. The van der Waals surface area contributed by atoms with Gasteiger partial charge in [0.15, 0.2) is 0 Å².